The number of hydrogen-bond acceptors (Lipinski definition) is 3. The van der Waals surface area contributed by atoms with Crippen molar-refractivity contribution in [2.75, 3.05) is 0 Å². The number of aryl methyl sites for hydroxylation is 1. The minimum atomic E-state index is -2.86. The molecule has 0 fully saturated rings. The summed E-state index contributed by atoms with van der Waals surface area (Å²) in [5, 5.41) is 0.575. The fourth-order valence-corrected chi connectivity index (χ4v) is 3.99. The van der Waals surface area contributed by atoms with Gasteiger partial charge in [-0.15, -0.1) is 0 Å². The SMILES string of the molecule is O=c1c2ccccc2[nH]c(=S)n1C1CCCc2cc(OC(F)F)ccc21. The zero-order valence-corrected chi connectivity index (χ0v) is 14.6. The van der Waals surface area contributed by atoms with Gasteiger partial charge in [-0.05, 0) is 66.9 Å². The van der Waals surface area contributed by atoms with Gasteiger partial charge in [0.25, 0.3) is 5.56 Å². The molecule has 0 radical (unpaired) electrons. The maximum atomic E-state index is 13.0. The number of nitrogens with one attached hydrogen (secondary N) is 1. The molecule has 1 unspecified atom stereocenters. The summed E-state index contributed by atoms with van der Waals surface area (Å²) in [6.07, 6.45) is 2.35. The van der Waals surface area contributed by atoms with Crippen LogP contribution < -0.4 is 10.3 Å². The third kappa shape index (κ3) is 2.92. The monoisotopic (exact) mass is 374 g/mol. The highest BCUT2D eigenvalue weighted by Gasteiger charge is 2.25. The maximum absolute atomic E-state index is 13.0. The molecular weight excluding hydrogens is 358 g/mol. The first-order valence-electron chi connectivity index (χ1n) is 8.36. The van der Waals surface area contributed by atoms with Gasteiger partial charge in [0.2, 0.25) is 0 Å². The zero-order chi connectivity index (χ0) is 18.3. The summed E-state index contributed by atoms with van der Waals surface area (Å²) in [7, 11) is 0. The van der Waals surface area contributed by atoms with Crippen molar-refractivity contribution in [1.29, 1.82) is 0 Å². The number of benzene rings is 2. The van der Waals surface area contributed by atoms with E-state index < -0.39 is 6.61 Å². The van der Waals surface area contributed by atoms with Gasteiger partial charge >= 0.3 is 6.61 Å². The quantitative estimate of drug-likeness (QED) is 0.683. The number of ether oxygens (including phenoxy) is 1. The lowest BCUT2D eigenvalue weighted by Gasteiger charge is -2.28. The lowest BCUT2D eigenvalue weighted by molar-refractivity contribution is -0.0499. The Kier molecular flexibility index (Phi) is 4.32. The summed E-state index contributed by atoms with van der Waals surface area (Å²) in [4.78, 5) is 16.1. The number of alkyl halides is 2. The molecule has 1 aromatic heterocycles. The smallest absolute Gasteiger partial charge is 0.387 e. The van der Waals surface area contributed by atoms with Crippen LogP contribution in [-0.4, -0.2) is 16.2 Å². The average Bonchev–Trinajstić information content (AvgIpc) is 2.61. The van der Waals surface area contributed by atoms with Gasteiger partial charge in [-0.3, -0.25) is 9.36 Å². The van der Waals surface area contributed by atoms with E-state index >= 15 is 0 Å². The molecule has 1 atom stereocenters. The molecule has 0 bridgehead atoms. The first-order chi connectivity index (χ1) is 12.5. The van der Waals surface area contributed by atoms with Crippen molar-refractivity contribution in [2.45, 2.75) is 31.9 Å². The van der Waals surface area contributed by atoms with Crippen molar-refractivity contribution in [3.63, 3.8) is 0 Å². The summed E-state index contributed by atoms with van der Waals surface area (Å²) < 4.78 is 31.4. The van der Waals surface area contributed by atoms with Gasteiger partial charge in [0.1, 0.15) is 5.75 Å². The number of halogens is 2. The fourth-order valence-electron chi connectivity index (χ4n) is 3.67. The second kappa shape index (κ2) is 6.64. The molecule has 0 amide bonds. The number of H-pyrrole nitrogens is 1. The van der Waals surface area contributed by atoms with Crippen LogP contribution in [0.5, 0.6) is 5.75 Å². The average molecular weight is 374 g/mol. The van der Waals surface area contributed by atoms with Crippen molar-refractivity contribution in [1.82, 2.24) is 9.55 Å². The Balaban J connectivity index is 1.85. The first-order valence-corrected chi connectivity index (χ1v) is 8.76. The minimum absolute atomic E-state index is 0.135. The zero-order valence-electron chi connectivity index (χ0n) is 13.7. The second-order valence-corrected chi connectivity index (χ2v) is 6.68. The summed E-state index contributed by atoms with van der Waals surface area (Å²) in [6, 6.07) is 11.9. The van der Waals surface area contributed by atoms with Gasteiger partial charge in [-0.25, -0.2) is 0 Å². The summed E-state index contributed by atoms with van der Waals surface area (Å²) in [6.45, 7) is -2.86. The number of para-hydroxylation sites is 1. The predicted molar refractivity (Wildman–Crippen MR) is 97.5 cm³/mol. The Morgan fingerprint density at radius 2 is 2.04 bits per heavy atom. The number of aromatic amines is 1. The maximum Gasteiger partial charge on any atom is 0.387 e. The Morgan fingerprint density at radius 1 is 1.23 bits per heavy atom. The van der Waals surface area contributed by atoms with E-state index in [1.54, 1.807) is 22.8 Å². The van der Waals surface area contributed by atoms with E-state index in [1.807, 2.05) is 18.2 Å². The number of hydrogen-bond donors (Lipinski definition) is 1. The van der Waals surface area contributed by atoms with Crippen LogP contribution in [0.25, 0.3) is 10.9 Å². The Hall–Kier alpha value is -2.54. The molecule has 0 aliphatic heterocycles. The summed E-state index contributed by atoms with van der Waals surface area (Å²) >= 11 is 5.44. The van der Waals surface area contributed by atoms with Crippen molar-refractivity contribution >= 4 is 23.1 Å². The van der Waals surface area contributed by atoms with Gasteiger partial charge in [0.15, 0.2) is 4.77 Å². The fraction of sp³-hybridized carbons (Fsp3) is 0.263. The molecule has 2 aromatic carbocycles. The first kappa shape index (κ1) is 16.9. The molecule has 4 rings (SSSR count). The molecule has 1 aliphatic carbocycles. The molecule has 7 heteroatoms. The number of fused-ring (bicyclic) bond motifs is 2. The topological polar surface area (TPSA) is 47.0 Å². The van der Waals surface area contributed by atoms with Crippen LogP contribution in [0.15, 0.2) is 47.3 Å². The molecule has 3 aromatic rings. The van der Waals surface area contributed by atoms with Crippen LogP contribution in [0, 0.1) is 4.77 Å². The molecule has 26 heavy (non-hydrogen) atoms. The number of nitrogens with zero attached hydrogens (tertiary/aromatic N) is 1. The second-order valence-electron chi connectivity index (χ2n) is 6.30. The van der Waals surface area contributed by atoms with E-state index in [4.69, 9.17) is 12.2 Å². The number of rotatable bonds is 3. The van der Waals surface area contributed by atoms with Gasteiger partial charge < -0.3 is 9.72 Å². The Morgan fingerprint density at radius 3 is 2.85 bits per heavy atom. The number of aromatic nitrogens is 2. The van der Waals surface area contributed by atoms with E-state index in [2.05, 4.69) is 9.72 Å². The van der Waals surface area contributed by atoms with E-state index in [1.165, 1.54) is 6.07 Å². The molecule has 1 heterocycles. The predicted octanol–water partition coefficient (Wildman–Crippen LogP) is 4.59. The molecule has 0 saturated carbocycles. The molecule has 4 nitrogen and oxygen atoms in total. The van der Waals surface area contributed by atoms with E-state index in [0.717, 1.165) is 30.4 Å². The highest BCUT2D eigenvalue weighted by molar-refractivity contribution is 7.71. The van der Waals surface area contributed by atoms with Crippen LogP contribution in [0.1, 0.15) is 30.0 Å². The van der Waals surface area contributed by atoms with Gasteiger partial charge in [0.05, 0.1) is 16.9 Å². The normalized spacial score (nSPS) is 16.7. The molecule has 1 N–H and O–H groups in total. The van der Waals surface area contributed by atoms with Crippen LogP contribution in [0.2, 0.25) is 0 Å². The standard InChI is InChI=1S/C19H16F2N2O2S/c20-18(21)25-12-8-9-13-11(10-12)4-3-7-16(13)23-17(24)14-5-1-2-6-15(14)22-19(23)26/h1-2,5-6,8-10,16,18H,3-4,7H2,(H,22,26). The van der Waals surface area contributed by atoms with E-state index in [-0.39, 0.29) is 17.4 Å². The van der Waals surface area contributed by atoms with Gasteiger partial charge in [-0.2, -0.15) is 8.78 Å². The lowest BCUT2D eigenvalue weighted by atomic mass is 9.87. The van der Waals surface area contributed by atoms with Crippen LogP contribution in [-0.2, 0) is 6.42 Å². The summed E-state index contributed by atoms with van der Waals surface area (Å²) in [5.41, 5.74) is 2.40. The van der Waals surface area contributed by atoms with Crippen molar-refractivity contribution in [3.05, 3.63) is 68.7 Å². The van der Waals surface area contributed by atoms with Crippen LogP contribution >= 0.6 is 12.2 Å². The third-order valence-corrected chi connectivity index (χ3v) is 5.07. The van der Waals surface area contributed by atoms with Crippen molar-refractivity contribution in [2.24, 2.45) is 0 Å². The molecule has 0 saturated heterocycles. The highest BCUT2D eigenvalue weighted by atomic mass is 32.1. The molecule has 1 aliphatic rings. The van der Waals surface area contributed by atoms with Crippen LogP contribution in [0.4, 0.5) is 8.78 Å². The molecule has 134 valence electrons. The van der Waals surface area contributed by atoms with Crippen LogP contribution in [0.3, 0.4) is 0 Å². The summed E-state index contributed by atoms with van der Waals surface area (Å²) in [5.74, 6) is 0.135. The lowest BCUT2D eigenvalue weighted by Crippen LogP contribution is -2.29. The van der Waals surface area contributed by atoms with Crippen molar-refractivity contribution in [3.8, 4) is 5.75 Å². The van der Waals surface area contributed by atoms with Gasteiger partial charge in [0, 0.05) is 0 Å². The minimum Gasteiger partial charge on any atom is -0.435 e. The third-order valence-electron chi connectivity index (χ3n) is 4.77. The largest absolute Gasteiger partial charge is 0.435 e. The molecule has 0 spiro atoms. The highest BCUT2D eigenvalue weighted by Crippen LogP contribution is 2.34. The molecular formula is C19H16F2N2O2S. The Bertz CT molecular complexity index is 1090. The van der Waals surface area contributed by atoms with Gasteiger partial charge in [-0.1, -0.05) is 18.2 Å². The van der Waals surface area contributed by atoms with E-state index in [0.29, 0.717) is 15.7 Å². The van der Waals surface area contributed by atoms with E-state index in [9.17, 15) is 13.6 Å². The Labute approximate surface area is 153 Å². The van der Waals surface area contributed by atoms with Crippen molar-refractivity contribution < 1.29 is 13.5 Å².